The number of aromatic nitrogens is 3. The third kappa shape index (κ3) is 4.36. The van der Waals surface area contributed by atoms with E-state index in [9.17, 15) is 13.9 Å². The third-order valence-corrected chi connectivity index (χ3v) is 4.68. The monoisotopic (exact) mass is 406 g/mol. The number of aliphatic hydroxyl groups is 1. The van der Waals surface area contributed by atoms with E-state index >= 15 is 0 Å². The van der Waals surface area contributed by atoms with Crippen molar-refractivity contribution in [1.29, 1.82) is 0 Å². The minimum atomic E-state index is -0.321. The van der Waals surface area contributed by atoms with Gasteiger partial charge in [-0.15, -0.1) is 0 Å². The number of nitrogens with one attached hydrogen (secondary N) is 1. The zero-order valence-electron chi connectivity index (χ0n) is 16.1. The van der Waals surface area contributed by atoms with Crippen molar-refractivity contribution >= 4 is 5.82 Å². The number of aliphatic hydroxyl groups excluding tert-OH is 1. The van der Waals surface area contributed by atoms with Crippen LogP contribution in [0.1, 0.15) is 5.56 Å². The molecule has 0 fully saturated rings. The molecule has 2 aromatic carbocycles. The van der Waals surface area contributed by atoms with Crippen LogP contribution in [-0.2, 0) is 13.1 Å². The number of pyridine rings is 1. The van der Waals surface area contributed by atoms with Gasteiger partial charge in [0.05, 0.1) is 13.2 Å². The second-order valence-electron chi connectivity index (χ2n) is 6.76. The second-order valence-corrected chi connectivity index (χ2v) is 6.76. The summed E-state index contributed by atoms with van der Waals surface area (Å²) < 4.78 is 28.2. The molecule has 2 aromatic heterocycles. The predicted molar refractivity (Wildman–Crippen MR) is 112 cm³/mol. The van der Waals surface area contributed by atoms with Crippen molar-refractivity contribution in [2.45, 2.75) is 13.1 Å². The fourth-order valence-corrected chi connectivity index (χ4v) is 3.21. The van der Waals surface area contributed by atoms with Gasteiger partial charge < -0.3 is 10.4 Å². The molecule has 7 heteroatoms. The molecule has 0 aliphatic rings. The quantitative estimate of drug-likeness (QED) is 0.475. The zero-order valence-corrected chi connectivity index (χ0v) is 16.1. The Hall–Kier alpha value is -3.58. The number of benzene rings is 2. The summed E-state index contributed by atoms with van der Waals surface area (Å²) in [5.41, 5.74) is 3.98. The first kappa shape index (κ1) is 19.7. The van der Waals surface area contributed by atoms with E-state index in [1.807, 2.05) is 18.3 Å². The van der Waals surface area contributed by atoms with Gasteiger partial charge in [-0.1, -0.05) is 12.1 Å². The highest BCUT2D eigenvalue weighted by Crippen LogP contribution is 2.34. The van der Waals surface area contributed by atoms with Crippen molar-refractivity contribution in [3.05, 3.63) is 90.3 Å². The fraction of sp³-hybridized carbons (Fsp3) is 0.130. The molecular weight excluding hydrogens is 386 g/mol. The number of halogens is 2. The van der Waals surface area contributed by atoms with E-state index in [1.165, 1.54) is 24.3 Å². The molecule has 0 aliphatic carbocycles. The fourth-order valence-electron chi connectivity index (χ4n) is 3.21. The molecule has 4 aromatic rings. The Balaban J connectivity index is 1.71. The van der Waals surface area contributed by atoms with E-state index in [1.54, 1.807) is 35.1 Å². The average molecular weight is 406 g/mol. The number of nitrogens with zero attached hydrogens (tertiary/aromatic N) is 3. The van der Waals surface area contributed by atoms with Gasteiger partial charge in [-0.05, 0) is 54.1 Å². The molecule has 5 nitrogen and oxygen atoms in total. The second kappa shape index (κ2) is 8.84. The molecule has 0 saturated carbocycles. The largest absolute Gasteiger partial charge is 0.394 e. The molecule has 0 bridgehead atoms. The summed E-state index contributed by atoms with van der Waals surface area (Å²) in [5.74, 6) is 0.0457. The normalized spacial score (nSPS) is 10.9. The van der Waals surface area contributed by atoms with Crippen LogP contribution in [0.2, 0.25) is 0 Å². The maximum atomic E-state index is 13.4. The maximum absolute atomic E-state index is 13.4. The molecule has 4 rings (SSSR count). The van der Waals surface area contributed by atoms with Crippen LogP contribution in [0.15, 0.2) is 73.1 Å². The van der Waals surface area contributed by atoms with E-state index in [0.717, 1.165) is 22.3 Å². The average Bonchev–Trinajstić information content (AvgIpc) is 3.18. The molecule has 0 radical (unpaired) electrons. The molecule has 0 unspecified atom stereocenters. The molecule has 0 spiro atoms. The Morgan fingerprint density at radius 2 is 1.60 bits per heavy atom. The summed E-state index contributed by atoms with van der Waals surface area (Å²) in [5, 5.41) is 17.2. The van der Waals surface area contributed by atoms with Gasteiger partial charge in [-0.25, -0.2) is 13.8 Å². The number of hydrogen-bond donors (Lipinski definition) is 2. The SMILES string of the molecule is OCCn1cc(-c2cccnc2NCc2ccc(F)cc2)c(-c2ccc(F)cc2)n1. The van der Waals surface area contributed by atoms with Crippen molar-refractivity contribution in [3.8, 4) is 22.4 Å². The highest BCUT2D eigenvalue weighted by Gasteiger charge is 2.17. The molecule has 0 saturated heterocycles. The van der Waals surface area contributed by atoms with Crippen molar-refractivity contribution in [3.63, 3.8) is 0 Å². The molecular formula is C23H20F2N4O. The number of hydrogen-bond acceptors (Lipinski definition) is 4. The lowest BCUT2D eigenvalue weighted by molar-refractivity contribution is 0.269. The lowest BCUT2D eigenvalue weighted by atomic mass is 10.0. The molecule has 2 N–H and O–H groups in total. The summed E-state index contributed by atoms with van der Waals surface area (Å²) in [6.45, 7) is 0.764. The highest BCUT2D eigenvalue weighted by atomic mass is 19.1. The predicted octanol–water partition coefficient (Wildman–Crippen LogP) is 4.49. The van der Waals surface area contributed by atoms with Crippen molar-refractivity contribution in [2.75, 3.05) is 11.9 Å². The van der Waals surface area contributed by atoms with Crippen LogP contribution < -0.4 is 5.32 Å². The summed E-state index contributed by atoms with van der Waals surface area (Å²) >= 11 is 0. The summed E-state index contributed by atoms with van der Waals surface area (Å²) in [6, 6.07) is 16.1. The van der Waals surface area contributed by atoms with E-state index < -0.39 is 0 Å². The Morgan fingerprint density at radius 1 is 0.900 bits per heavy atom. The lowest BCUT2D eigenvalue weighted by Gasteiger charge is -2.11. The van der Waals surface area contributed by atoms with Crippen LogP contribution in [0.4, 0.5) is 14.6 Å². The molecule has 152 valence electrons. The molecule has 0 atom stereocenters. The standard InChI is InChI=1S/C23H20F2N4O/c24-18-7-3-16(4-8-18)14-27-23-20(2-1-11-26-23)21-15-29(12-13-30)28-22(21)17-5-9-19(25)10-6-17/h1-11,15,30H,12-14H2,(H,26,27). The van der Waals surface area contributed by atoms with Crippen LogP contribution in [0, 0.1) is 11.6 Å². The van der Waals surface area contributed by atoms with Crippen LogP contribution in [0.25, 0.3) is 22.4 Å². The van der Waals surface area contributed by atoms with Crippen molar-refractivity contribution in [1.82, 2.24) is 14.8 Å². The van der Waals surface area contributed by atoms with Crippen LogP contribution >= 0.6 is 0 Å². The van der Waals surface area contributed by atoms with Gasteiger partial charge in [0.2, 0.25) is 0 Å². The van der Waals surface area contributed by atoms with Gasteiger partial charge in [0.25, 0.3) is 0 Å². The zero-order chi connectivity index (χ0) is 20.9. The minimum Gasteiger partial charge on any atom is -0.394 e. The summed E-state index contributed by atoms with van der Waals surface area (Å²) in [6.07, 6.45) is 3.53. The van der Waals surface area contributed by atoms with Crippen LogP contribution in [0.5, 0.6) is 0 Å². The first-order chi connectivity index (χ1) is 14.6. The van der Waals surface area contributed by atoms with Gasteiger partial charge in [-0.2, -0.15) is 5.10 Å². The van der Waals surface area contributed by atoms with Crippen LogP contribution in [0.3, 0.4) is 0 Å². The van der Waals surface area contributed by atoms with Crippen molar-refractivity contribution in [2.24, 2.45) is 0 Å². The smallest absolute Gasteiger partial charge is 0.134 e. The first-order valence-corrected chi connectivity index (χ1v) is 9.52. The van der Waals surface area contributed by atoms with Gasteiger partial charge in [0.1, 0.15) is 23.1 Å². The van der Waals surface area contributed by atoms with E-state index in [0.29, 0.717) is 24.6 Å². The van der Waals surface area contributed by atoms with Gasteiger partial charge in [0, 0.05) is 35.6 Å². The van der Waals surface area contributed by atoms with E-state index in [2.05, 4.69) is 15.4 Å². The Bertz CT molecular complexity index is 1120. The molecule has 30 heavy (non-hydrogen) atoms. The van der Waals surface area contributed by atoms with Crippen LogP contribution in [-0.4, -0.2) is 26.5 Å². The maximum Gasteiger partial charge on any atom is 0.134 e. The van der Waals surface area contributed by atoms with Gasteiger partial charge in [-0.3, -0.25) is 4.68 Å². The van der Waals surface area contributed by atoms with E-state index in [4.69, 9.17) is 0 Å². The summed E-state index contributed by atoms with van der Waals surface area (Å²) in [7, 11) is 0. The number of rotatable bonds is 7. The molecule has 0 amide bonds. The Morgan fingerprint density at radius 3 is 2.30 bits per heavy atom. The third-order valence-electron chi connectivity index (χ3n) is 4.68. The minimum absolute atomic E-state index is 0.0489. The summed E-state index contributed by atoms with van der Waals surface area (Å²) in [4.78, 5) is 4.46. The highest BCUT2D eigenvalue weighted by molar-refractivity contribution is 5.85. The van der Waals surface area contributed by atoms with Gasteiger partial charge >= 0.3 is 0 Å². The van der Waals surface area contributed by atoms with E-state index in [-0.39, 0.29) is 18.2 Å². The van der Waals surface area contributed by atoms with Gasteiger partial charge in [0.15, 0.2) is 0 Å². The number of anilines is 1. The molecule has 2 heterocycles. The topological polar surface area (TPSA) is 63.0 Å². The Labute approximate surface area is 172 Å². The Kier molecular flexibility index (Phi) is 5.81. The molecule has 0 aliphatic heterocycles. The van der Waals surface area contributed by atoms with Crippen molar-refractivity contribution < 1.29 is 13.9 Å². The first-order valence-electron chi connectivity index (χ1n) is 9.52. The lowest BCUT2D eigenvalue weighted by Crippen LogP contribution is -2.03.